The quantitative estimate of drug-likeness (QED) is 0.618. The van der Waals surface area contributed by atoms with Gasteiger partial charge in [-0.2, -0.15) is 0 Å². The first-order chi connectivity index (χ1) is 11.6. The van der Waals surface area contributed by atoms with Gasteiger partial charge in [0.25, 0.3) is 0 Å². The minimum absolute atomic E-state index is 0.0280. The molecule has 0 radical (unpaired) electrons. The molecule has 2 aromatic rings. The van der Waals surface area contributed by atoms with Crippen LogP contribution in [0.1, 0.15) is 19.8 Å². The van der Waals surface area contributed by atoms with E-state index in [2.05, 4.69) is 10.3 Å². The van der Waals surface area contributed by atoms with Crippen LogP contribution in [0.2, 0.25) is 0 Å². The van der Waals surface area contributed by atoms with Gasteiger partial charge in [0.1, 0.15) is 0 Å². The molecule has 6 nitrogen and oxygen atoms in total. The van der Waals surface area contributed by atoms with Gasteiger partial charge in [-0.25, -0.2) is 9.66 Å². The van der Waals surface area contributed by atoms with E-state index < -0.39 is 0 Å². The van der Waals surface area contributed by atoms with Crippen LogP contribution in [0.25, 0.3) is 11.3 Å². The highest BCUT2D eigenvalue weighted by Crippen LogP contribution is 2.25. The van der Waals surface area contributed by atoms with Gasteiger partial charge in [0.2, 0.25) is 5.91 Å². The number of nitrogens with zero attached hydrogens (tertiary/aromatic N) is 2. The Kier molecular flexibility index (Phi) is 5.42. The van der Waals surface area contributed by atoms with Crippen molar-refractivity contribution >= 4 is 17.7 Å². The average Bonchev–Trinajstić information content (AvgIpc) is 3.24. The number of nitrogens with two attached hydrogens (primary N) is 1. The molecule has 1 aliphatic rings. The molecule has 1 aromatic heterocycles. The van der Waals surface area contributed by atoms with Crippen LogP contribution in [0.15, 0.2) is 41.7 Å². The molecule has 1 aromatic carbocycles. The van der Waals surface area contributed by atoms with E-state index in [4.69, 9.17) is 10.6 Å². The minimum Gasteiger partial charge on any atom is -0.376 e. The molecule has 3 rings (SSSR count). The van der Waals surface area contributed by atoms with Crippen LogP contribution in [0, 0.1) is 0 Å². The van der Waals surface area contributed by atoms with Crippen molar-refractivity contribution in [1.82, 2.24) is 15.0 Å². The zero-order valence-corrected chi connectivity index (χ0v) is 14.5. The van der Waals surface area contributed by atoms with Crippen molar-refractivity contribution in [2.45, 2.75) is 36.3 Å². The molecule has 3 N–H and O–H groups in total. The van der Waals surface area contributed by atoms with E-state index in [-0.39, 0.29) is 17.3 Å². The van der Waals surface area contributed by atoms with Crippen molar-refractivity contribution in [2.75, 3.05) is 19.0 Å². The number of thioether (sulfide) groups is 1. The average molecular weight is 346 g/mol. The molecule has 128 valence electrons. The number of nitrogens with one attached hydrogen (secondary N) is 1. The Hall–Kier alpha value is -1.99. The van der Waals surface area contributed by atoms with Crippen molar-refractivity contribution in [3.63, 3.8) is 0 Å². The number of benzene rings is 1. The van der Waals surface area contributed by atoms with E-state index in [1.54, 1.807) is 6.20 Å². The molecule has 24 heavy (non-hydrogen) atoms. The summed E-state index contributed by atoms with van der Waals surface area (Å²) in [6, 6.07) is 9.83. The van der Waals surface area contributed by atoms with E-state index in [0.29, 0.717) is 11.7 Å². The number of hydrogen-bond donors (Lipinski definition) is 2. The third kappa shape index (κ3) is 4.10. The number of imidazole rings is 1. The number of rotatable bonds is 6. The summed E-state index contributed by atoms with van der Waals surface area (Å²) in [4.78, 5) is 16.8. The maximum absolute atomic E-state index is 12.2. The zero-order valence-electron chi connectivity index (χ0n) is 13.6. The lowest BCUT2D eigenvalue weighted by Crippen LogP contribution is -2.36. The number of hydrogen-bond acceptors (Lipinski definition) is 5. The van der Waals surface area contributed by atoms with Crippen molar-refractivity contribution in [3.8, 4) is 11.3 Å². The first-order valence-corrected chi connectivity index (χ1v) is 8.97. The molecule has 7 heteroatoms. The summed E-state index contributed by atoms with van der Waals surface area (Å²) in [7, 11) is 0. The number of carbonyl (C=O) groups excluding carboxylic acids is 1. The van der Waals surface area contributed by atoms with E-state index >= 15 is 0 Å². The van der Waals surface area contributed by atoms with Gasteiger partial charge < -0.3 is 15.9 Å². The molecule has 0 aliphatic carbocycles. The van der Waals surface area contributed by atoms with Gasteiger partial charge in [-0.1, -0.05) is 42.1 Å². The van der Waals surface area contributed by atoms with Crippen LogP contribution in [0.5, 0.6) is 0 Å². The highest BCUT2D eigenvalue weighted by atomic mass is 32.2. The first kappa shape index (κ1) is 16.9. The molecule has 1 aliphatic heterocycles. The Morgan fingerprint density at radius 3 is 3.00 bits per heavy atom. The minimum atomic E-state index is -0.278. The summed E-state index contributed by atoms with van der Waals surface area (Å²) < 4.78 is 6.98. The SMILES string of the molecule is CC(Sc1nc(-c2ccccc2)cn1N)C(=O)NCC1CCCO1. The highest BCUT2D eigenvalue weighted by molar-refractivity contribution is 8.00. The lowest BCUT2D eigenvalue weighted by Gasteiger charge is -2.14. The second kappa shape index (κ2) is 7.72. The fourth-order valence-electron chi connectivity index (χ4n) is 2.59. The smallest absolute Gasteiger partial charge is 0.233 e. The van der Waals surface area contributed by atoms with Crippen molar-refractivity contribution in [2.24, 2.45) is 0 Å². The van der Waals surface area contributed by atoms with Crippen LogP contribution < -0.4 is 11.2 Å². The van der Waals surface area contributed by atoms with Gasteiger partial charge >= 0.3 is 0 Å². The van der Waals surface area contributed by atoms with Gasteiger partial charge in [-0.15, -0.1) is 0 Å². The summed E-state index contributed by atoms with van der Waals surface area (Å²) in [6.45, 7) is 3.21. The predicted molar refractivity (Wildman–Crippen MR) is 95.1 cm³/mol. The number of amides is 1. The number of carbonyl (C=O) groups is 1. The second-order valence-corrected chi connectivity index (χ2v) is 7.13. The number of aromatic nitrogens is 2. The lowest BCUT2D eigenvalue weighted by molar-refractivity contribution is -0.120. The molecular formula is C17H22N4O2S. The molecule has 0 saturated carbocycles. The monoisotopic (exact) mass is 346 g/mol. The van der Waals surface area contributed by atoms with Crippen LogP contribution in [0.3, 0.4) is 0 Å². The topological polar surface area (TPSA) is 82.2 Å². The third-order valence-corrected chi connectivity index (χ3v) is 5.03. The molecule has 1 amide bonds. The van der Waals surface area contributed by atoms with E-state index in [1.165, 1.54) is 16.4 Å². The largest absolute Gasteiger partial charge is 0.376 e. The lowest BCUT2D eigenvalue weighted by atomic mass is 10.2. The molecule has 1 saturated heterocycles. The zero-order chi connectivity index (χ0) is 16.9. The fraction of sp³-hybridized carbons (Fsp3) is 0.412. The first-order valence-electron chi connectivity index (χ1n) is 8.09. The summed E-state index contributed by atoms with van der Waals surface area (Å²) in [5.74, 6) is 5.95. The summed E-state index contributed by atoms with van der Waals surface area (Å²) in [5.41, 5.74) is 1.80. The van der Waals surface area contributed by atoms with Gasteiger partial charge in [0, 0.05) is 18.7 Å². The Morgan fingerprint density at radius 2 is 2.29 bits per heavy atom. The van der Waals surface area contributed by atoms with Gasteiger partial charge in [0.15, 0.2) is 5.16 Å². The van der Waals surface area contributed by atoms with E-state index in [0.717, 1.165) is 30.7 Å². The molecular weight excluding hydrogens is 324 g/mol. The van der Waals surface area contributed by atoms with E-state index in [1.807, 2.05) is 37.3 Å². The van der Waals surface area contributed by atoms with Gasteiger partial charge in [-0.05, 0) is 19.8 Å². The summed E-state index contributed by atoms with van der Waals surface area (Å²) >= 11 is 1.35. The van der Waals surface area contributed by atoms with Crippen molar-refractivity contribution < 1.29 is 9.53 Å². The second-order valence-electron chi connectivity index (χ2n) is 5.82. The summed E-state index contributed by atoms with van der Waals surface area (Å²) in [6.07, 6.45) is 3.99. The Bertz CT molecular complexity index is 683. The molecule has 0 spiro atoms. The Labute approximate surface area is 145 Å². The van der Waals surface area contributed by atoms with Crippen molar-refractivity contribution in [3.05, 3.63) is 36.5 Å². The highest BCUT2D eigenvalue weighted by Gasteiger charge is 2.21. The molecule has 2 atom stereocenters. The van der Waals surface area contributed by atoms with E-state index in [9.17, 15) is 4.79 Å². The van der Waals surface area contributed by atoms with Crippen molar-refractivity contribution in [1.29, 1.82) is 0 Å². The predicted octanol–water partition coefficient (Wildman–Crippen LogP) is 2.04. The number of ether oxygens (including phenoxy) is 1. The third-order valence-electron chi connectivity index (χ3n) is 3.95. The van der Waals surface area contributed by atoms with Crippen LogP contribution in [-0.4, -0.2) is 40.1 Å². The standard InChI is InChI=1S/C17H22N4O2S/c1-12(16(22)19-10-14-8-5-9-23-14)24-17-20-15(11-21(17)18)13-6-3-2-4-7-13/h2-4,6-7,11-12,14H,5,8-10,18H2,1H3,(H,19,22). The van der Waals surface area contributed by atoms with Crippen LogP contribution >= 0.6 is 11.8 Å². The normalized spacial score (nSPS) is 18.5. The molecule has 2 unspecified atom stereocenters. The fourth-order valence-corrected chi connectivity index (χ4v) is 3.42. The van der Waals surface area contributed by atoms with Crippen LogP contribution in [-0.2, 0) is 9.53 Å². The molecule has 1 fully saturated rings. The van der Waals surface area contributed by atoms with Gasteiger partial charge in [0.05, 0.1) is 23.2 Å². The maximum atomic E-state index is 12.2. The maximum Gasteiger partial charge on any atom is 0.233 e. The molecule has 2 heterocycles. The van der Waals surface area contributed by atoms with Crippen LogP contribution in [0.4, 0.5) is 0 Å². The summed E-state index contributed by atoms with van der Waals surface area (Å²) in [5, 5.41) is 3.28. The molecule has 0 bridgehead atoms. The van der Waals surface area contributed by atoms with Gasteiger partial charge in [-0.3, -0.25) is 4.79 Å². The Balaban J connectivity index is 1.58. The number of nitrogen functional groups attached to an aromatic ring is 1. The Morgan fingerprint density at radius 1 is 1.50 bits per heavy atom.